The molecule has 0 bridgehead atoms. The summed E-state index contributed by atoms with van der Waals surface area (Å²) in [6, 6.07) is 0. The fourth-order valence-corrected chi connectivity index (χ4v) is 9.32. The average molecular weight is 948 g/mol. The summed E-state index contributed by atoms with van der Waals surface area (Å²) in [5.41, 5.74) is 0. The van der Waals surface area contributed by atoms with Gasteiger partial charge in [-0.2, -0.15) is 0 Å². The van der Waals surface area contributed by atoms with Gasteiger partial charge in [0.25, 0.3) is 0 Å². The van der Waals surface area contributed by atoms with Gasteiger partial charge in [0.15, 0.2) is 6.10 Å². The first-order chi connectivity index (χ1) is 32.6. The predicted octanol–water partition coefficient (Wildman–Crippen LogP) is 19.9. The maximum atomic E-state index is 12.9. The van der Waals surface area contributed by atoms with Gasteiger partial charge in [-0.1, -0.05) is 298 Å². The number of hydrogen-bond acceptors (Lipinski definition) is 6. The van der Waals surface area contributed by atoms with Crippen molar-refractivity contribution < 1.29 is 28.6 Å². The number of rotatable bonds is 54. The molecule has 6 heteroatoms. The third-order valence-corrected chi connectivity index (χ3v) is 14.3. The topological polar surface area (TPSA) is 78.9 Å². The van der Waals surface area contributed by atoms with E-state index in [1.165, 1.54) is 218 Å². The van der Waals surface area contributed by atoms with E-state index in [2.05, 4.69) is 41.5 Å². The number of esters is 3. The molecule has 0 heterocycles. The standard InChI is InChI=1S/C61H118O6/c1-7-57(6)49-43-37-31-25-19-14-12-10-8-9-11-13-15-20-26-32-38-44-50-59(62)65-53-58(54-66-60(63)51-45-39-33-28-22-24-30-36-42-48-56(4)5)67-61(64)52-46-40-34-27-21-17-16-18-23-29-35-41-47-55(2)3/h55-58H,7-54H2,1-6H3/t57?,58-/m0/s1. The first-order valence-corrected chi connectivity index (χ1v) is 30.1. The summed E-state index contributed by atoms with van der Waals surface area (Å²) in [5, 5.41) is 0. The second kappa shape index (κ2) is 52.2. The molecule has 1 unspecified atom stereocenters. The molecular formula is C61H118O6. The van der Waals surface area contributed by atoms with Crippen LogP contribution in [0.2, 0.25) is 0 Å². The molecule has 0 aliphatic carbocycles. The maximum absolute atomic E-state index is 12.9. The molecule has 0 aliphatic rings. The molecule has 0 aromatic rings. The zero-order chi connectivity index (χ0) is 49.1. The summed E-state index contributed by atoms with van der Waals surface area (Å²) in [5.74, 6) is 1.71. The van der Waals surface area contributed by atoms with E-state index in [-0.39, 0.29) is 31.1 Å². The Kier molecular flexibility index (Phi) is 51.0. The highest BCUT2D eigenvalue weighted by molar-refractivity contribution is 5.71. The zero-order valence-corrected chi connectivity index (χ0v) is 46.2. The predicted molar refractivity (Wildman–Crippen MR) is 289 cm³/mol. The Bertz CT molecular complexity index is 1040. The van der Waals surface area contributed by atoms with Crippen LogP contribution in [0.1, 0.15) is 337 Å². The van der Waals surface area contributed by atoms with Gasteiger partial charge in [-0.15, -0.1) is 0 Å². The monoisotopic (exact) mass is 947 g/mol. The third kappa shape index (κ3) is 53.6. The summed E-state index contributed by atoms with van der Waals surface area (Å²) in [7, 11) is 0. The molecule has 0 N–H and O–H groups in total. The van der Waals surface area contributed by atoms with E-state index in [1.54, 1.807) is 0 Å². The van der Waals surface area contributed by atoms with Crippen LogP contribution in [-0.2, 0) is 28.6 Å². The Morgan fingerprint density at radius 3 is 0.776 bits per heavy atom. The SMILES string of the molecule is CCC(C)CCCCCCCCCCCCCCCCCCCCC(=O)OC[C@@H](COC(=O)CCCCCCCCCCCC(C)C)OC(=O)CCCCCCCCCCCCCCC(C)C. The van der Waals surface area contributed by atoms with Gasteiger partial charge in [-0.25, -0.2) is 0 Å². The largest absolute Gasteiger partial charge is 0.462 e. The lowest BCUT2D eigenvalue weighted by molar-refractivity contribution is -0.167. The maximum Gasteiger partial charge on any atom is 0.306 e. The van der Waals surface area contributed by atoms with E-state index in [0.29, 0.717) is 19.3 Å². The number of carbonyl (C=O) groups is 3. The summed E-state index contributed by atoms with van der Waals surface area (Å²) in [6.45, 7) is 13.8. The van der Waals surface area contributed by atoms with Gasteiger partial charge in [-0.3, -0.25) is 14.4 Å². The van der Waals surface area contributed by atoms with Crippen molar-refractivity contribution in [2.24, 2.45) is 17.8 Å². The van der Waals surface area contributed by atoms with Crippen LogP contribution in [0.15, 0.2) is 0 Å². The Morgan fingerprint density at radius 2 is 0.522 bits per heavy atom. The van der Waals surface area contributed by atoms with Crippen LogP contribution in [0.25, 0.3) is 0 Å². The summed E-state index contributed by atoms with van der Waals surface area (Å²) >= 11 is 0. The Morgan fingerprint density at radius 1 is 0.299 bits per heavy atom. The van der Waals surface area contributed by atoms with Crippen molar-refractivity contribution in [1.29, 1.82) is 0 Å². The molecule has 0 saturated carbocycles. The molecule has 0 spiro atoms. The molecule has 0 aliphatic heterocycles. The minimum Gasteiger partial charge on any atom is -0.462 e. The molecule has 0 amide bonds. The van der Waals surface area contributed by atoms with E-state index in [1.807, 2.05) is 0 Å². The molecular weight excluding hydrogens is 829 g/mol. The van der Waals surface area contributed by atoms with Gasteiger partial charge in [-0.05, 0) is 37.0 Å². The van der Waals surface area contributed by atoms with Crippen LogP contribution in [0.4, 0.5) is 0 Å². The fourth-order valence-electron chi connectivity index (χ4n) is 9.32. The Hall–Kier alpha value is -1.59. The number of carbonyl (C=O) groups excluding carboxylic acids is 3. The van der Waals surface area contributed by atoms with Gasteiger partial charge in [0.05, 0.1) is 0 Å². The van der Waals surface area contributed by atoms with Crippen molar-refractivity contribution in [2.45, 2.75) is 343 Å². The average Bonchev–Trinajstić information content (AvgIpc) is 3.30. The van der Waals surface area contributed by atoms with Crippen molar-refractivity contribution in [2.75, 3.05) is 13.2 Å². The summed E-state index contributed by atoms with van der Waals surface area (Å²) in [4.78, 5) is 38.2. The van der Waals surface area contributed by atoms with Crippen molar-refractivity contribution in [3.05, 3.63) is 0 Å². The molecule has 0 aromatic carbocycles. The van der Waals surface area contributed by atoms with Gasteiger partial charge < -0.3 is 14.2 Å². The summed E-state index contributed by atoms with van der Waals surface area (Å²) < 4.78 is 16.9. The molecule has 0 fully saturated rings. The lowest BCUT2D eigenvalue weighted by atomic mass is 9.99. The van der Waals surface area contributed by atoms with E-state index in [4.69, 9.17) is 14.2 Å². The molecule has 6 nitrogen and oxygen atoms in total. The van der Waals surface area contributed by atoms with Gasteiger partial charge in [0, 0.05) is 19.3 Å². The Balaban J connectivity index is 4.23. The Labute approximate surface area is 418 Å². The third-order valence-electron chi connectivity index (χ3n) is 14.3. The molecule has 0 aromatic heterocycles. The number of unbranched alkanes of at least 4 members (excludes halogenated alkanes) is 36. The molecule has 0 saturated heterocycles. The van der Waals surface area contributed by atoms with Crippen LogP contribution < -0.4 is 0 Å². The molecule has 0 radical (unpaired) electrons. The molecule has 67 heavy (non-hydrogen) atoms. The van der Waals surface area contributed by atoms with Crippen LogP contribution in [0.5, 0.6) is 0 Å². The lowest BCUT2D eigenvalue weighted by Gasteiger charge is -2.18. The normalized spacial score (nSPS) is 12.5. The van der Waals surface area contributed by atoms with Crippen LogP contribution in [0.3, 0.4) is 0 Å². The van der Waals surface area contributed by atoms with Crippen LogP contribution in [0, 0.1) is 17.8 Å². The number of hydrogen-bond donors (Lipinski definition) is 0. The van der Waals surface area contributed by atoms with Gasteiger partial charge in [0.2, 0.25) is 0 Å². The van der Waals surface area contributed by atoms with Gasteiger partial charge in [0.1, 0.15) is 13.2 Å². The van der Waals surface area contributed by atoms with Crippen molar-refractivity contribution in [3.8, 4) is 0 Å². The molecule has 2 atom stereocenters. The first-order valence-electron chi connectivity index (χ1n) is 30.1. The second-order valence-electron chi connectivity index (χ2n) is 22.2. The van der Waals surface area contributed by atoms with Gasteiger partial charge >= 0.3 is 17.9 Å². The van der Waals surface area contributed by atoms with Crippen molar-refractivity contribution in [3.63, 3.8) is 0 Å². The van der Waals surface area contributed by atoms with E-state index in [0.717, 1.165) is 75.5 Å². The molecule has 398 valence electrons. The van der Waals surface area contributed by atoms with E-state index in [9.17, 15) is 14.4 Å². The van der Waals surface area contributed by atoms with Crippen molar-refractivity contribution in [1.82, 2.24) is 0 Å². The highest BCUT2D eigenvalue weighted by Gasteiger charge is 2.19. The van der Waals surface area contributed by atoms with E-state index >= 15 is 0 Å². The van der Waals surface area contributed by atoms with Crippen LogP contribution >= 0.6 is 0 Å². The minimum atomic E-state index is -0.764. The smallest absolute Gasteiger partial charge is 0.306 e. The van der Waals surface area contributed by atoms with E-state index < -0.39 is 6.10 Å². The van der Waals surface area contributed by atoms with Crippen LogP contribution in [-0.4, -0.2) is 37.2 Å². The fraction of sp³-hybridized carbons (Fsp3) is 0.951. The number of ether oxygens (including phenoxy) is 3. The highest BCUT2D eigenvalue weighted by atomic mass is 16.6. The van der Waals surface area contributed by atoms with Crippen molar-refractivity contribution >= 4 is 17.9 Å². The highest BCUT2D eigenvalue weighted by Crippen LogP contribution is 2.19. The second-order valence-corrected chi connectivity index (χ2v) is 22.2. The molecule has 0 rings (SSSR count). The minimum absolute atomic E-state index is 0.0635. The first kappa shape index (κ1) is 65.4. The summed E-state index contributed by atoms with van der Waals surface area (Å²) in [6.07, 6.45) is 55.3. The zero-order valence-electron chi connectivity index (χ0n) is 46.2. The lowest BCUT2D eigenvalue weighted by Crippen LogP contribution is -2.30. The quantitative estimate of drug-likeness (QED) is 0.0343.